The minimum Gasteiger partial charge on any atom is -0.495 e. The molecule has 2 heterocycles. The number of aromatic nitrogens is 2. The number of carbonyl (C=O) groups excluding carboxylic acids is 1. The SMILES string of the molecule is COc1ccc(-c2ccc(C(=O)N[C@H](C)[C@H]3CC[C@H](c4ccnc5ccc(F)cc54)CC3)cc2)nc1. The lowest BCUT2D eigenvalue weighted by Gasteiger charge is -2.33. The molecule has 1 saturated carbocycles. The summed E-state index contributed by atoms with van der Waals surface area (Å²) in [5, 5.41) is 4.11. The monoisotopic (exact) mass is 483 g/mol. The average Bonchev–Trinajstić information content (AvgIpc) is 2.93. The molecule has 1 N–H and O–H groups in total. The molecule has 1 fully saturated rings. The third-order valence-electron chi connectivity index (χ3n) is 7.43. The van der Waals surface area contributed by atoms with Gasteiger partial charge in [-0.2, -0.15) is 0 Å². The predicted molar refractivity (Wildman–Crippen MR) is 140 cm³/mol. The molecule has 4 aromatic rings. The molecule has 5 nitrogen and oxygen atoms in total. The first kappa shape index (κ1) is 23.9. The maximum absolute atomic E-state index is 13.9. The summed E-state index contributed by atoms with van der Waals surface area (Å²) < 4.78 is 19.0. The highest BCUT2D eigenvalue weighted by Crippen LogP contribution is 2.39. The Labute approximate surface area is 210 Å². The summed E-state index contributed by atoms with van der Waals surface area (Å²) in [6, 6.07) is 18.2. The topological polar surface area (TPSA) is 64.1 Å². The van der Waals surface area contributed by atoms with Gasteiger partial charge in [-0.3, -0.25) is 14.8 Å². The second-order valence-corrected chi connectivity index (χ2v) is 9.60. The number of hydrogen-bond acceptors (Lipinski definition) is 4. The average molecular weight is 484 g/mol. The van der Waals surface area contributed by atoms with Gasteiger partial charge < -0.3 is 10.1 Å². The molecule has 2 aromatic heterocycles. The summed E-state index contributed by atoms with van der Waals surface area (Å²) in [5.74, 6) is 1.22. The van der Waals surface area contributed by atoms with Crippen molar-refractivity contribution in [3.63, 3.8) is 0 Å². The lowest BCUT2D eigenvalue weighted by atomic mass is 9.75. The van der Waals surface area contributed by atoms with Crippen LogP contribution in [-0.2, 0) is 0 Å². The van der Waals surface area contributed by atoms with Crippen LogP contribution in [0, 0.1) is 11.7 Å². The highest BCUT2D eigenvalue weighted by molar-refractivity contribution is 5.94. The van der Waals surface area contributed by atoms with Crippen LogP contribution in [-0.4, -0.2) is 29.0 Å². The molecule has 1 atom stereocenters. The van der Waals surface area contributed by atoms with Crippen LogP contribution >= 0.6 is 0 Å². The zero-order valence-electron chi connectivity index (χ0n) is 20.6. The maximum atomic E-state index is 13.9. The molecule has 1 aliphatic carbocycles. The van der Waals surface area contributed by atoms with Gasteiger partial charge in [0.05, 0.1) is 24.5 Å². The smallest absolute Gasteiger partial charge is 0.251 e. The number of halogens is 1. The number of ether oxygens (including phenoxy) is 1. The van der Waals surface area contributed by atoms with E-state index in [0.29, 0.717) is 23.1 Å². The fourth-order valence-electron chi connectivity index (χ4n) is 5.30. The van der Waals surface area contributed by atoms with E-state index in [1.807, 2.05) is 48.7 Å². The van der Waals surface area contributed by atoms with Crippen molar-refractivity contribution in [3.05, 3.63) is 90.0 Å². The highest BCUT2D eigenvalue weighted by Gasteiger charge is 2.28. The van der Waals surface area contributed by atoms with Gasteiger partial charge in [-0.15, -0.1) is 0 Å². The first-order valence-corrected chi connectivity index (χ1v) is 12.5. The van der Waals surface area contributed by atoms with Crippen molar-refractivity contribution < 1.29 is 13.9 Å². The van der Waals surface area contributed by atoms with E-state index in [9.17, 15) is 9.18 Å². The van der Waals surface area contributed by atoms with Gasteiger partial charge in [-0.05, 0) is 98.5 Å². The van der Waals surface area contributed by atoms with Crippen LogP contribution in [0.4, 0.5) is 4.39 Å². The summed E-state index contributed by atoms with van der Waals surface area (Å²) in [7, 11) is 1.61. The molecule has 0 unspecified atom stereocenters. The third kappa shape index (κ3) is 5.08. The number of pyridine rings is 2. The number of fused-ring (bicyclic) bond motifs is 1. The lowest BCUT2D eigenvalue weighted by Crippen LogP contribution is -2.39. The van der Waals surface area contributed by atoms with Crippen molar-refractivity contribution in [1.82, 2.24) is 15.3 Å². The van der Waals surface area contributed by atoms with Crippen molar-refractivity contribution in [2.45, 2.75) is 44.6 Å². The Morgan fingerprint density at radius 3 is 2.47 bits per heavy atom. The largest absolute Gasteiger partial charge is 0.495 e. The highest BCUT2D eigenvalue weighted by atomic mass is 19.1. The third-order valence-corrected chi connectivity index (χ3v) is 7.43. The minimum absolute atomic E-state index is 0.0607. The standard InChI is InChI=1S/C30H30FN3O2/c1-19(34-30(35)23-9-7-22(8-10-23)28-14-12-25(36-2)18-33-28)20-3-5-21(6-4-20)26-15-16-32-29-13-11-24(31)17-27(26)29/h7-21H,3-6H2,1-2H3,(H,34,35)/t19-,20-,21-/m1/s1. The number of nitrogens with one attached hydrogen (secondary N) is 1. The van der Waals surface area contributed by atoms with Gasteiger partial charge in [-0.25, -0.2) is 4.39 Å². The Hall–Kier alpha value is -3.80. The molecule has 0 saturated heterocycles. The summed E-state index contributed by atoms with van der Waals surface area (Å²) in [6.45, 7) is 2.09. The Morgan fingerprint density at radius 1 is 1.00 bits per heavy atom. The molecule has 184 valence electrons. The molecule has 1 aliphatic rings. The van der Waals surface area contributed by atoms with Gasteiger partial charge in [0, 0.05) is 28.8 Å². The van der Waals surface area contributed by atoms with E-state index in [1.165, 1.54) is 11.6 Å². The van der Waals surface area contributed by atoms with Crippen LogP contribution in [0.25, 0.3) is 22.2 Å². The quantitative estimate of drug-likeness (QED) is 0.338. The summed E-state index contributed by atoms with van der Waals surface area (Å²) in [4.78, 5) is 21.7. The number of rotatable bonds is 6. The van der Waals surface area contributed by atoms with Gasteiger partial charge in [0.2, 0.25) is 0 Å². The number of hydrogen-bond donors (Lipinski definition) is 1. The normalized spacial score (nSPS) is 18.5. The molecule has 0 spiro atoms. The lowest BCUT2D eigenvalue weighted by molar-refractivity contribution is 0.0918. The van der Waals surface area contributed by atoms with Crippen LogP contribution in [0.15, 0.2) is 73.1 Å². The number of amides is 1. The van der Waals surface area contributed by atoms with Gasteiger partial charge in [0.15, 0.2) is 0 Å². The van der Waals surface area contributed by atoms with Crippen LogP contribution in [0.2, 0.25) is 0 Å². The number of methoxy groups -OCH3 is 1. The van der Waals surface area contributed by atoms with Crippen molar-refractivity contribution in [2.24, 2.45) is 5.92 Å². The number of benzene rings is 2. The number of carbonyl (C=O) groups is 1. The van der Waals surface area contributed by atoms with Crippen molar-refractivity contribution in [3.8, 4) is 17.0 Å². The van der Waals surface area contributed by atoms with E-state index in [4.69, 9.17) is 4.74 Å². The van der Waals surface area contributed by atoms with E-state index >= 15 is 0 Å². The molecular weight excluding hydrogens is 453 g/mol. The molecule has 6 heteroatoms. The van der Waals surface area contributed by atoms with Crippen LogP contribution < -0.4 is 10.1 Å². The minimum atomic E-state index is -0.227. The van der Waals surface area contributed by atoms with Gasteiger partial charge >= 0.3 is 0 Å². The molecule has 2 aromatic carbocycles. The molecule has 0 radical (unpaired) electrons. The zero-order valence-corrected chi connectivity index (χ0v) is 20.6. The van der Waals surface area contributed by atoms with Crippen molar-refractivity contribution in [1.29, 1.82) is 0 Å². The fraction of sp³-hybridized carbons (Fsp3) is 0.300. The van der Waals surface area contributed by atoms with E-state index in [1.54, 1.807) is 25.4 Å². The molecule has 36 heavy (non-hydrogen) atoms. The van der Waals surface area contributed by atoms with Gasteiger partial charge in [0.1, 0.15) is 11.6 Å². The van der Waals surface area contributed by atoms with Crippen molar-refractivity contribution in [2.75, 3.05) is 7.11 Å². The van der Waals surface area contributed by atoms with Crippen molar-refractivity contribution >= 4 is 16.8 Å². The van der Waals surface area contributed by atoms with Crippen LogP contribution in [0.1, 0.15) is 54.4 Å². The molecule has 5 rings (SSSR count). The fourth-order valence-corrected chi connectivity index (χ4v) is 5.30. The molecule has 0 aliphatic heterocycles. The Kier molecular flexibility index (Phi) is 6.94. The Bertz CT molecular complexity index is 1350. The Morgan fingerprint density at radius 2 is 1.78 bits per heavy atom. The molecular formula is C30H30FN3O2. The summed E-state index contributed by atoms with van der Waals surface area (Å²) in [5.41, 5.74) is 4.44. The zero-order chi connectivity index (χ0) is 25.1. The van der Waals surface area contributed by atoms with E-state index < -0.39 is 0 Å². The summed E-state index contributed by atoms with van der Waals surface area (Å²) >= 11 is 0. The first-order chi connectivity index (χ1) is 17.5. The van der Waals surface area contributed by atoms with Crippen LogP contribution in [0.3, 0.4) is 0 Å². The first-order valence-electron chi connectivity index (χ1n) is 12.5. The summed E-state index contributed by atoms with van der Waals surface area (Å²) in [6.07, 6.45) is 7.58. The molecule has 0 bridgehead atoms. The van der Waals surface area contributed by atoms with E-state index in [2.05, 4.69) is 22.2 Å². The number of nitrogens with zero attached hydrogens (tertiary/aromatic N) is 2. The van der Waals surface area contributed by atoms with Crippen LogP contribution in [0.5, 0.6) is 5.75 Å². The second kappa shape index (κ2) is 10.4. The Balaban J connectivity index is 1.18. The predicted octanol–water partition coefficient (Wildman–Crippen LogP) is 6.54. The maximum Gasteiger partial charge on any atom is 0.251 e. The second-order valence-electron chi connectivity index (χ2n) is 9.60. The van der Waals surface area contributed by atoms with E-state index in [0.717, 1.165) is 47.8 Å². The molecule has 1 amide bonds. The van der Waals surface area contributed by atoms with Gasteiger partial charge in [0.25, 0.3) is 5.91 Å². The van der Waals surface area contributed by atoms with E-state index in [-0.39, 0.29) is 17.8 Å². The van der Waals surface area contributed by atoms with Gasteiger partial charge in [-0.1, -0.05) is 12.1 Å².